The fourth-order valence-corrected chi connectivity index (χ4v) is 7.90. The second-order valence-corrected chi connectivity index (χ2v) is 13.1. The molecule has 3 aliphatic rings. The average molecular weight is 685 g/mol. The molecule has 0 saturated carbocycles. The number of phenolic OH excluding ortho intramolecular Hbond substituents is 3. The molecule has 0 aliphatic carbocycles. The van der Waals surface area contributed by atoms with E-state index in [0.29, 0.717) is 40.1 Å². The summed E-state index contributed by atoms with van der Waals surface area (Å²) in [6.07, 6.45) is 2.23. The lowest BCUT2D eigenvalue weighted by Gasteiger charge is -2.57. The molecular weight excluding hydrogens is 644 g/mol. The SMILES string of the molecule is COc1c(C)cc2c(c1O)[C@@H]1C3=Cc4c(O)c(C)c(OC)c(O)c4[C@H](CNC(=O)[C@H](C)NC(=S)Nc4ccccc4)N3[C@@H](C#N)[C@@H](C2)N1C. The van der Waals surface area contributed by atoms with Gasteiger partial charge in [-0.1, -0.05) is 24.3 Å². The third-order valence-corrected chi connectivity index (χ3v) is 10.1. The van der Waals surface area contributed by atoms with Crippen LogP contribution in [0.4, 0.5) is 5.69 Å². The zero-order chi connectivity index (χ0) is 35.3. The lowest BCUT2D eigenvalue weighted by molar-refractivity contribution is -0.122. The molecule has 256 valence electrons. The van der Waals surface area contributed by atoms with Gasteiger partial charge in [0.05, 0.1) is 32.4 Å². The summed E-state index contributed by atoms with van der Waals surface area (Å²) in [6.45, 7) is 5.15. The van der Waals surface area contributed by atoms with E-state index >= 15 is 0 Å². The number of aromatic hydroxyl groups is 3. The molecule has 1 saturated heterocycles. The van der Waals surface area contributed by atoms with E-state index < -0.39 is 24.2 Å². The topological polar surface area (TPSA) is 163 Å². The van der Waals surface area contributed by atoms with Crippen LogP contribution in [0.2, 0.25) is 0 Å². The molecule has 3 heterocycles. The number of rotatable bonds is 7. The van der Waals surface area contributed by atoms with Gasteiger partial charge in [0.15, 0.2) is 28.1 Å². The number of methoxy groups -OCH3 is 2. The number of likely N-dealkylation sites (N-methyl/N-ethyl adjacent to an activating group) is 1. The molecule has 0 unspecified atom stereocenters. The van der Waals surface area contributed by atoms with Crippen LogP contribution < -0.4 is 25.4 Å². The molecule has 0 aromatic heterocycles. The van der Waals surface area contributed by atoms with E-state index in [0.717, 1.165) is 16.8 Å². The molecule has 1 fully saturated rings. The van der Waals surface area contributed by atoms with Crippen molar-refractivity contribution in [2.75, 3.05) is 33.1 Å². The van der Waals surface area contributed by atoms with Gasteiger partial charge in [0.1, 0.15) is 17.8 Å². The number of para-hydroxylation sites is 1. The molecule has 12 nitrogen and oxygen atoms in total. The van der Waals surface area contributed by atoms with Crippen molar-refractivity contribution in [3.05, 3.63) is 75.5 Å². The third kappa shape index (κ3) is 5.50. The number of carbonyl (C=O) groups is 1. The standard InChI is InChI=1S/C36H40N6O6S/c1-17-12-20-13-23-25(15-37)42-24(29(41(23)4)27(20)31(44)33(17)47-5)14-22-28(32(45)34(48-6)18(2)30(22)43)26(42)16-38-35(46)19(3)39-36(49)40-21-10-8-7-9-11-21/h7-12,14,19,23,25-26,29,43-45H,13,16H2,1-6H3,(H,38,46)(H2,39,40,49)/t19-,23+,25-,26-,29-/m0/s1. The summed E-state index contributed by atoms with van der Waals surface area (Å²) in [5.41, 5.74) is 4.72. The number of ether oxygens (including phenoxy) is 2. The monoisotopic (exact) mass is 684 g/mol. The zero-order valence-corrected chi connectivity index (χ0v) is 29.0. The highest BCUT2D eigenvalue weighted by Gasteiger charge is 2.53. The first-order chi connectivity index (χ1) is 23.4. The van der Waals surface area contributed by atoms with Crippen molar-refractivity contribution in [1.29, 1.82) is 5.26 Å². The maximum atomic E-state index is 13.5. The van der Waals surface area contributed by atoms with Crippen molar-refractivity contribution in [2.45, 2.75) is 57.4 Å². The van der Waals surface area contributed by atoms with Crippen molar-refractivity contribution in [3.63, 3.8) is 0 Å². The van der Waals surface area contributed by atoms with E-state index in [4.69, 9.17) is 21.7 Å². The van der Waals surface area contributed by atoms with Crippen LogP contribution in [0.3, 0.4) is 0 Å². The number of piperazine rings is 1. The Kier molecular flexibility index (Phi) is 8.96. The molecule has 0 spiro atoms. The van der Waals surface area contributed by atoms with Gasteiger partial charge >= 0.3 is 0 Å². The first kappa shape index (κ1) is 33.7. The Morgan fingerprint density at radius 3 is 2.41 bits per heavy atom. The van der Waals surface area contributed by atoms with Gasteiger partial charge in [0.2, 0.25) is 5.91 Å². The van der Waals surface area contributed by atoms with E-state index in [1.165, 1.54) is 14.2 Å². The Morgan fingerprint density at radius 2 is 1.76 bits per heavy atom. The van der Waals surface area contributed by atoms with E-state index in [1.807, 2.05) is 55.3 Å². The lowest BCUT2D eigenvalue weighted by Crippen LogP contribution is -2.62. The number of phenols is 3. The number of anilines is 1. The molecule has 0 radical (unpaired) electrons. The summed E-state index contributed by atoms with van der Waals surface area (Å²) in [5, 5.41) is 54.8. The Morgan fingerprint density at radius 1 is 1.08 bits per heavy atom. The predicted octanol–water partition coefficient (Wildman–Crippen LogP) is 4.13. The van der Waals surface area contributed by atoms with Crippen molar-refractivity contribution >= 4 is 35.0 Å². The van der Waals surface area contributed by atoms with Gasteiger partial charge in [-0.3, -0.25) is 9.69 Å². The van der Waals surface area contributed by atoms with Crippen LogP contribution in [-0.2, 0) is 11.2 Å². The van der Waals surface area contributed by atoms with E-state index in [-0.39, 0.29) is 46.6 Å². The molecule has 3 aromatic carbocycles. The first-order valence-corrected chi connectivity index (χ1v) is 16.4. The van der Waals surface area contributed by atoms with Crippen LogP contribution in [0, 0.1) is 25.2 Å². The Balaban J connectivity index is 1.42. The highest BCUT2D eigenvalue weighted by atomic mass is 32.1. The minimum absolute atomic E-state index is 0.0117. The van der Waals surface area contributed by atoms with Crippen LogP contribution in [0.15, 0.2) is 42.1 Å². The number of nitriles is 1. The number of fused-ring (bicyclic) bond motifs is 7. The third-order valence-electron chi connectivity index (χ3n) is 9.90. The second-order valence-electron chi connectivity index (χ2n) is 12.7. The largest absolute Gasteiger partial charge is 0.507 e. The molecule has 1 amide bonds. The molecule has 3 aliphatic heterocycles. The van der Waals surface area contributed by atoms with Crippen molar-refractivity contribution in [3.8, 4) is 34.8 Å². The number of hydrogen-bond acceptors (Lipinski definition) is 10. The molecule has 49 heavy (non-hydrogen) atoms. The minimum atomic E-state index is -0.805. The fourth-order valence-electron chi connectivity index (χ4n) is 7.60. The van der Waals surface area contributed by atoms with Gasteiger partial charge in [0, 0.05) is 46.2 Å². The van der Waals surface area contributed by atoms with Crippen LogP contribution in [-0.4, -0.2) is 82.1 Å². The van der Waals surface area contributed by atoms with Gasteiger partial charge < -0.3 is 45.6 Å². The second kappa shape index (κ2) is 13.0. The molecule has 6 N–H and O–H groups in total. The normalized spacial score (nSPS) is 21.2. The van der Waals surface area contributed by atoms with Crippen LogP contribution in [0.25, 0.3) is 6.08 Å². The number of thiocarbonyl (C=S) groups is 1. The van der Waals surface area contributed by atoms with Gasteiger partial charge in [-0.25, -0.2) is 0 Å². The number of aryl methyl sites for hydroxylation is 1. The average Bonchev–Trinajstić information content (AvgIpc) is 3.07. The van der Waals surface area contributed by atoms with Crippen molar-refractivity contribution < 1.29 is 29.6 Å². The number of nitrogens with zero attached hydrogens (tertiary/aromatic N) is 3. The lowest BCUT2D eigenvalue weighted by atomic mass is 9.75. The molecule has 5 atom stereocenters. The number of hydrogen-bond donors (Lipinski definition) is 6. The number of amides is 1. The summed E-state index contributed by atoms with van der Waals surface area (Å²) in [6, 6.07) is 10.7. The van der Waals surface area contributed by atoms with Crippen molar-refractivity contribution in [1.82, 2.24) is 20.4 Å². The summed E-state index contributed by atoms with van der Waals surface area (Å²) in [7, 11) is 4.83. The molecule has 2 bridgehead atoms. The fraction of sp³-hybridized carbons (Fsp3) is 0.361. The van der Waals surface area contributed by atoms with E-state index in [1.54, 1.807) is 19.9 Å². The molecule has 3 aromatic rings. The minimum Gasteiger partial charge on any atom is -0.507 e. The van der Waals surface area contributed by atoms with Crippen molar-refractivity contribution in [2.24, 2.45) is 0 Å². The maximum Gasteiger partial charge on any atom is 0.242 e. The van der Waals surface area contributed by atoms with E-state index in [2.05, 4.69) is 26.9 Å². The number of benzene rings is 3. The smallest absolute Gasteiger partial charge is 0.242 e. The van der Waals surface area contributed by atoms with Gasteiger partial charge in [-0.05, 0) is 75.8 Å². The Labute approximate surface area is 290 Å². The molecule has 13 heteroatoms. The Bertz CT molecular complexity index is 1910. The number of nitrogens with one attached hydrogen (secondary N) is 3. The summed E-state index contributed by atoms with van der Waals surface area (Å²) < 4.78 is 11.1. The van der Waals surface area contributed by atoms with Gasteiger partial charge in [-0.2, -0.15) is 5.26 Å². The van der Waals surface area contributed by atoms with Gasteiger partial charge in [0.25, 0.3) is 0 Å². The zero-order valence-electron chi connectivity index (χ0n) is 28.2. The van der Waals surface area contributed by atoms with Gasteiger partial charge in [-0.15, -0.1) is 0 Å². The quantitative estimate of drug-likeness (QED) is 0.156. The molecular formula is C36H40N6O6S. The van der Waals surface area contributed by atoms with Crippen LogP contribution >= 0.6 is 12.2 Å². The summed E-state index contributed by atoms with van der Waals surface area (Å²) >= 11 is 5.43. The maximum absolute atomic E-state index is 13.5. The first-order valence-electron chi connectivity index (χ1n) is 16.0. The van der Waals surface area contributed by atoms with E-state index in [9.17, 15) is 25.4 Å². The predicted molar refractivity (Wildman–Crippen MR) is 189 cm³/mol. The molecule has 6 rings (SSSR count). The summed E-state index contributed by atoms with van der Waals surface area (Å²) in [4.78, 5) is 17.5. The number of carbonyl (C=O) groups excluding carboxylic acids is 1. The Hall–Kier alpha value is -5.19. The summed E-state index contributed by atoms with van der Waals surface area (Å²) in [5.74, 6) is -0.185. The van der Waals surface area contributed by atoms with Crippen LogP contribution in [0.5, 0.6) is 28.7 Å². The highest BCUT2D eigenvalue weighted by Crippen LogP contribution is 2.58. The van der Waals surface area contributed by atoms with Crippen LogP contribution in [0.1, 0.15) is 52.4 Å². The highest BCUT2D eigenvalue weighted by molar-refractivity contribution is 7.80.